The van der Waals surface area contributed by atoms with Gasteiger partial charge in [-0.15, -0.1) is 0 Å². The van der Waals surface area contributed by atoms with Crippen molar-refractivity contribution in [1.82, 2.24) is 0 Å². The average molecular weight is 284 g/mol. The summed E-state index contributed by atoms with van der Waals surface area (Å²) in [4.78, 5) is 28.9. The van der Waals surface area contributed by atoms with Crippen LogP contribution >= 0.6 is 0 Å². The molecule has 2 aliphatic rings. The van der Waals surface area contributed by atoms with E-state index in [9.17, 15) is 14.9 Å². The van der Waals surface area contributed by atoms with E-state index < -0.39 is 11.7 Å². The Morgan fingerprint density at radius 1 is 0.864 bits per heavy atom. The van der Waals surface area contributed by atoms with Gasteiger partial charge in [-0.2, -0.15) is 5.26 Å². The van der Waals surface area contributed by atoms with Crippen molar-refractivity contribution in [3.8, 4) is 6.07 Å². The average Bonchev–Trinajstić information content (AvgIpc) is 2.55. The highest BCUT2D eigenvalue weighted by Gasteiger charge is 2.34. The van der Waals surface area contributed by atoms with E-state index >= 15 is 0 Å². The van der Waals surface area contributed by atoms with Crippen molar-refractivity contribution >= 4 is 17.3 Å². The highest BCUT2D eigenvalue weighted by Crippen LogP contribution is 2.34. The normalized spacial score (nSPS) is 15.5. The van der Waals surface area contributed by atoms with E-state index in [0.717, 1.165) is 5.22 Å². The summed E-state index contributed by atoms with van der Waals surface area (Å²) >= 11 is 0. The van der Waals surface area contributed by atoms with Crippen LogP contribution in [0.15, 0.2) is 64.7 Å². The lowest BCUT2D eigenvalue weighted by Gasteiger charge is -2.22. The molecule has 1 amide bonds. The molecule has 0 saturated carbocycles. The Hall–Kier alpha value is -3.32. The number of carbonyl (C=O) groups is 2. The second-order valence-corrected chi connectivity index (χ2v) is 5.05. The summed E-state index contributed by atoms with van der Waals surface area (Å²) in [6, 6.07) is 16.2. The summed E-state index contributed by atoms with van der Waals surface area (Å²) in [5.74, 6) is -0.951. The highest BCUT2D eigenvalue weighted by molar-refractivity contribution is 6.27. The van der Waals surface area contributed by atoms with Crippen molar-refractivity contribution in [3.63, 3.8) is 0 Å². The molecular weight excluding hydrogens is 276 g/mol. The first-order valence-electron chi connectivity index (χ1n) is 6.73. The Labute approximate surface area is 125 Å². The minimum absolute atomic E-state index is 0.116. The molecule has 1 heterocycles. The number of hydrogen-bond donors (Lipinski definition) is 0. The molecule has 0 spiro atoms. The zero-order valence-electron chi connectivity index (χ0n) is 11.3. The molecule has 0 radical (unpaired) electrons. The van der Waals surface area contributed by atoms with Crippen LogP contribution < -0.4 is 10.6 Å². The number of fused-ring (bicyclic) bond motifs is 4. The second-order valence-electron chi connectivity index (χ2n) is 5.05. The fraction of sp³-hybridized carbons (Fsp3) is 0. The van der Waals surface area contributed by atoms with E-state index in [4.69, 9.17) is 0 Å². The molecular formula is C18H8N2O2. The largest absolute Gasteiger partial charge is 0.288 e. The van der Waals surface area contributed by atoms with Gasteiger partial charge in [0.2, 0.25) is 5.78 Å². The molecule has 0 bridgehead atoms. The van der Waals surface area contributed by atoms with Crippen molar-refractivity contribution in [2.75, 3.05) is 0 Å². The molecule has 0 fully saturated rings. The number of hydrogen-bond acceptors (Lipinski definition) is 3. The summed E-state index contributed by atoms with van der Waals surface area (Å²) in [6.45, 7) is 0. The van der Waals surface area contributed by atoms with Crippen molar-refractivity contribution in [3.05, 3.63) is 81.4 Å². The standard InChI is InChI=1S/C18H8N2O2/c19-9-13-16-15(10-5-1-2-6-11(10)17(13)21)12-7-3-4-8-14(12)20-18(16)22/h1-8H. The van der Waals surface area contributed by atoms with Gasteiger partial charge in [0.1, 0.15) is 11.6 Å². The van der Waals surface area contributed by atoms with Gasteiger partial charge in [0.15, 0.2) is 0 Å². The number of amides is 1. The molecule has 0 unspecified atom stereocenters. The third kappa shape index (κ3) is 1.48. The first-order valence-corrected chi connectivity index (χ1v) is 6.73. The Morgan fingerprint density at radius 2 is 1.55 bits per heavy atom. The summed E-state index contributed by atoms with van der Waals surface area (Å²) in [7, 11) is 0. The summed E-state index contributed by atoms with van der Waals surface area (Å²) < 4.78 is 0. The van der Waals surface area contributed by atoms with E-state index in [2.05, 4.69) is 4.99 Å². The summed E-state index contributed by atoms with van der Waals surface area (Å²) in [6.07, 6.45) is 0. The van der Waals surface area contributed by atoms with Crippen LogP contribution in [0, 0.1) is 11.3 Å². The molecule has 0 N–H and O–H groups in total. The van der Waals surface area contributed by atoms with Crippen LogP contribution in [0.3, 0.4) is 0 Å². The lowest BCUT2D eigenvalue weighted by molar-refractivity contribution is -0.114. The smallest absolute Gasteiger partial charge is 0.279 e. The molecule has 4 heteroatoms. The molecule has 0 atom stereocenters. The predicted octanol–water partition coefficient (Wildman–Crippen LogP) is 1.06. The molecule has 0 aromatic heterocycles. The van der Waals surface area contributed by atoms with Crippen molar-refractivity contribution in [2.24, 2.45) is 4.99 Å². The molecule has 4 nitrogen and oxygen atoms in total. The van der Waals surface area contributed by atoms with Crippen LogP contribution in [0.1, 0.15) is 15.9 Å². The molecule has 1 aliphatic carbocycles. The third-order valence-corrected chi connectivity index (χ3v) is 3.89. The van der Waals surface area contributed by atoms with Gasteiger partial charge in [-0.25, -0.2) is 4.99 Å². The number of nitriles is 1. The van der Waals surface area contributed by atoms with E-state index in [1.54, 1.807) is 30.3 Å². The maximum absolute atomic E-state index is 12.5. The fourth-order valence-electron chi connectivity index (χ4n) is 2.96. The number of Topliss-reactive ketones (excluding diaryl/α,β-unsaturated/α-hetero) is 1. The predicted molar refractivity (Wildman–Crippen MR) is 78.2 cm³/mol. The molecule has 22 heavy (non-hydrogen) atoms. The van der Waals surface area contributed by atoms with Crippen LogP contribution in [0.4, 0.5) is 0 Å². The van der Waals surface area contributed by atoms with E-state index in [1.165, 1.54) is 0 Å². The quantitative estimate of drug-likeness (QED) is 0.726. The molecule has 2 aromatic carbocycles. The van der Waals surface area contributed by atoms with Crippen LogP contribution in [-0.2, 0) is 4.79 Å². The van der Waals surface area contributed by atoms with Gasteiger partial charge in [0, 0.05) is 16.4 Å². The van der Waals surface area contributed by atoms with Crippen molar-refractivity contribution in [1.29, 1.82) is 5.26 Å². The Balaban J connectivity index is 2.31. The monoisotopic (exact) mass is 284 g/mol. The maximum atomic E-state index is 12.5. The molecule has 4 rings (SSSR count). The number of nitrogens with zero attached hydrogens (tertiary/aromatic N) is 2. The number of para-hydroxylation sites is 1. The highest BCUT2D eigenvalue weighted by atomic mass is 16.1. The number of ketones is 1. The van der Waals surface area contributed by atoms with Crippen LogP contribution in [0.25, 0.3) is 5.57 Å². The minimum atomic E-state index is -0.534. The van der Waals surface area contributed by atoms with Crippen LogP contribution in [0.5, 0.6) is 0 Å². The Bertz CT molecular complexity index is 1070. The van der Waals surface area contributed by atoms with Crippen LogP contribution in [-0.4, -0.2) is 11.7 Å². The molecule has 2 aromatic rings. The summed E-state index contributed by atoms with van der Waals surface area (Å²) in [5.41, 5.74) is 1.74. The Kier molecular flexibility index (Phi) is 2.45. The van der Waals surface area contributed by atoms with Gasteiger partial charge in [-0.3, -0.25) is 9.59 Å². The zero-order chi connectivity index (χ0) is 15.3. The third-order valence-electron chi connectivity index (χ3n) is 3.89. The SMILES string of the molecule is N#CC1=C2C(=O)N=c3ccccc3=C2c2ccccc2C1=O. The molecule has 102 valence electrons. The fourth-order valence-corrected chi connectivity index (χ4v) is 2.96. The van der Waals surface area contributed by atoms with E-state index in [0.29, 0.717) is 22.1 Å². The second kappa shape index (κ2) is 4.34. The topological polar surface area (TPSA) is 70.3 Å². The van der Waals surface area contributed by atoms with E-state index in [1.807, 2.05) is 24.3 Å². The first kappa shape index (κ1) is 12.4. The number of carbonyl (C=O) groups excluding carboxylic acids is 2. The first-order chi connectivity index (χ1) is 10.7. The lowest BCUT2D eigenvalue weighted by Crippen LogP contribution is -2.37. The molecule has 1 aliphatic heterocycles. The molecule has 0 saturated heterocycles. The minimum Gasteiger partial charge on any atom is -0.288 e. The number of allylic oxidation sites excluding steroid dienone is 1. The van der Waals surface area contributed by atoms with Crippen molar-refractivity contribution < 1.29 is 9.59 Å². The van der Waals surface area contributed by atoms with Gasteiger partial charge in [0.25, 0.3) is 5.91 Å². The zero-order valence-corrected chi connectivity index (χ0v) is 11.3. The van der Waals surface area contributed by atoms with Crippen LogP contribution in [0.2, 0.25) is 0 Å². The van der Waals surface area contributed by atoms with Gasteiger partial charge >= 0.3 is 0 Å². The maximum Gasteiger partial charge on any atom is 0.279 e. The van der Waals surface area contributed by atoms with Crippen molar-refractivity contribution in [2.45, 2.75) is 0 Å². The Morgan fingerprint density at radius 3 is 2.32 bits per heavy atom. The summed E-state index contributed by atoms with van der Waals surface area (Å²) in [5, 5.41) is 10.7. The van der Waals surface area contributed by atoms with Gasteiger partial charge < -0.3 is 0 Å². The van der Waals surface area contributed by atoms with Gasteiger partial charge in [-0.05, 0) is 11.6 Å². The van der Waals surface area contributed by atoms with E-state index in [-0.39, 0.29) is 11.1 Å². The number of rotatable bonds is 0. The number of benzene rings is 2. The van der Waals surface area contributed by atoms with Gasteiger partial charge in [-0.1, -0.05) is 42.5 Å². The lowest BCUT2D eigenvalue weighted by atomic mass is 9.79. The van der Waals surface area contributed by atoms with Gasteiger partial charge in [0.05, 0.1) is 10.9 Å².